The SMILES string of the molecule is CC(C)OC1(CN)CSc2ccccc21. The van der Waals surface area contributed by atoms with Gasteiger partial charge in [0.15, 0.2) is 0 Å². The van der Waals surface area contributed by atoms with Gasteiger partial charge >= 0.3 is 0 Å². The first-order valence-corrected chi connectivity index (χ1v) is 6.27. The van der Waals surface area contributed by atoms with Gasteiger partial charge in [-0.15, -0.1) is 11.8 Å². The van der Waals surface area contributed by atoms with Crippen molar-refractivity contribution in [2.24, 2.45) is 5.73 Å². The highest BCUT2D eigenvalue weighted by Crippen LogP contribution is 2.44. The molecule has 1 heterocycles. The molecule has 1 aromatic rings. The van der Waals surface area contributed by atoms with Gasteiger partial charge in [-0.25, -0.2) is 0 Å². The molecule has 1 aliphatic rings. The van der Waals surface area contributed by atoms with Crippen LogP contribution in [-0.2, 0) is 10.3 Å². The molecule has 0 amide bonds. The molecule has 0 radical (unpaired) electrons. The van der Waals surface area contributed by atoms with Crippen LogP contribution in [0.2, 0.25) is 0 Å². The van der Waals surface area contributed by atoms with Crippen molar-refractivity contribution in [3.63, 3.8) is 0 Å². The van der Waals surface area contributed by atoms with E-state index in [-0.39, 0.29) is 11.7 Å². The zero-order valence-electron chi connectivity index (χ0n) is 9.19. The van der Waals surface area contributed by atoms with Gasteiger partial charge in [0.1, 0.15) is 5.60 Å². The molecule has 1 atom stereocenters. The van der Waals surface area contributed by atoms with Crippen LogP contribution in [0.15, 0.2) is 29.2 Å². The first kappa shape index (κ1) is 11.0. The van der Waals surface area contributed by atoms with E-state index >= 15 is 0 Å². The number of hydrogen-bond donors (Lipinski definition) is 1. The Kier molecular flexibility index (Phi) is 3.05. The zero-order chi connectivity index (χ0) is 10.9. The fraction of sp³-hybridized carbons (Fsp3) is 0.500. The Labute approximate surface area is 95.2 Å². The lowest BCUT2D eigenvalue weighted by atomic mass is 9.96. The fourth-order valence-electron chi connectivity index (χ4n) is 2.01. The Hall–Kier alpha value is -0.510. The molecule has 1 aliphatic heterocycles. The third-order valence-corrected chi connectivity index (χ3v) is 3.91. The summed E-state index contributed by atoms with van der Waals surface area (Å²) in [5, 5.41) is 0. The van der Waals surface area contributed by atoms with Crippen LogP contribution >= 0.6 is 11.8 Å². The summed E-state index contributed by atoms with van der Waals surface area (Å²) in [6, 6.07) is 8.39. The lowest BCUT2D eigenvalue weighted by Gasteiger charge is -2.30. The predicted octanol–water partition coefficient (Wildman–Crippen LogP) is 2.37. The van der Waals surface area contributed by atoms with E-state index in [2.05, 4.69) is 38.1 Å². The molecule has 0 spiro atoms. The second kappa shape index (κ2) is 4.16. The van der Waals surface area contributed by atoms with Crippen molar-refractivity contribution in [1.82, 2.24) is 0 Å². The summed E-state index contributed by atoms with van der Waals surface area (Å²) >= 11 is 1.84. The summed E-state index contributed by atoms with van der Waals surface area (Å²) in [7, 11) is 0. The van der Waals surface area contributed by atoms with Crippen LogP contribution in [0.3, 0.4) is 0 Å². The molecule has 82 valence electrons. The summed E-state index contributed by atoms with van der Waals surface area (Å²) < 4.78 is 6.03. The van der Waals surface area contributed by atoms with Gasteiger partial charge in [0.05, 0.1) is 6.10 Å². The van der Waals surface area contributed by atoms with Gasteiger partial charge in [-0.1, -0.05) is 18.2 Å². The second-order valence-corrected chi connectivity index (χ2v) is 5.17. The van der Waals surface area contributed by atoms with Gasteiger partial charge < -0.3 is 10.5 Å². The average Bonchev–Trinajstić information content (AvgIpc) is 2.58. The molecule has 2 nitrogen and oxygen atoms in total. The summed E-state index contributed by atoms with van der Waals surface area (Å²) in [6.07, 6.45) is 0.209. The minimum Gasteiger partial charge on any atom is -0.365 e. The van der Waals surface area contributed by atoms with Gasteiger partial charge in [-0.05, 0) is 25.5 Å². The smallest absolute Gasteiger partial charge is 0.116 e. The minimum atomic E-state index is -0.268. The Morgan fingerprint density at radius 3 is 2.87 bits per heavy atom. The van der Waals surface area contributed by atoms with Crippen molar-refractivity contribution in [2.45, 2.75) is 30.4 Å². The van der Waals surface area contributed by atoms with E-state index in [0.29, 0.717) is 6.54 Å². The topological polar surface area (TPSA) is 35.2 Å². The average molecular weight is 223 g/mol. The summed E-state index contributed by atoms with van der Waals surface area (Å²) in [6.45, 7) is 4.67. The number of hydrogen-bond acceptors (Lipinski definition) is 3. The first-order valence-electron chi connectivity index (χ1n) is 5.28. The van der Waals surface area contributed by atoms with Crippen LogP contribution in [0.5, 0.6) is 0 Å². The lowest BCUT2D eigenvalue weighted by Crippen LogP contribution is -2.40. The van der Waals surface area contributed by atoms with Gasteiger partial charge in [0.2, 0.25) is 0 Å². The fourth-order valence-corrected chi connectivity index (χ4v) is 3.32. The minimum absolute atomic E-state index is 0.209. The predicted molar refractivity (Wildman–Crippen MR) is 64.1 cm³/mol. The summed E-state index contributed by atoms with van der Waals surface area (Å²) in [5.41, 5.74) is 6.88. The number of ether oxygens (including phenoxy) is 1. The van der Waals surface area contributed by atoms with Gasteiger partial charge in [-0.3, -0.25) is 0 Å². The van der Waals surface area contributed by atoms with Crippen LogP contribution in [0.4, 0.5) is 0 Å². The molecule has 15 heavy (non-hydrogen) atoms. The van der Waals surface area contributed by atoms with E-state index in [1.54, 1.807) is 0 Å². The lowest BCUT2D eigenvalue weighted by molar-refractivity contribution is -0.0622. The Bertz CT molecular complexity index is 353. The molecule has 0 saturated carbocycles. The summed E-state index contributed by atoms with van der Waals surface area (Å²) in [4.78, 5) is 1.31. The number of nitrogens with two attached hydrogens (primary N) is 1. The van der Waals surface area contributed by atoms with Crippen molar-refractivity contribution in [3.05, 3.63) is 29.8 Å². The molecule has 0 aromatic heterocycles. The molecule has 1 aromatic carbocycles. The van der Waals surface area contributed by atoms with E-state index in [9.17, 15) is 0 Å². The normalized spacial score (nSPS) is 24.5. The Morgan fingerprint density at radius 1 is 1.47 bits per heavy atom. The van der Waals surface area contributed by atoms with Crippen molar-refractivity contribution in [1.29, 1.82) is 0 Å². The monoisotopic (exact) mass is 223 g/mol. The molecule has 3 heteroatoms. The molecule has 2 N–H and O–H groups in total. The summed E-state index contributed by atoms with van der Waals surface area (Å²) in [5.74, 6) is 0.932. The Balaban J connectivity index is 2.36. The van der Waals surface area contributed by atoms with E-state index in [1.165, 1.54) is 10.5 Å². The van der Waals surface area contributed by atoms with E-state index in [4.69, 9.17) is 10.5 Å². The van der Waals surface area contributed by atoms with Crippen molar-refractivity contribution in [3.8, 4) is 0 Å². The first-order chi connectivity index (χ1) is 7.18. The third kappa shape index (κ3) is 1.92. The molecule has 1 unspecified atom stereocenters. The van der Waals surface area contributed by atoms with Crippen LogP contribution in [0, 0.1) is 0 Å². The second-order valence-electron chi connectivity index (χ2n) is 4.15. The standard InChI is InChI=1S/C12H17NOS/c1-9(2)14-12(7-13)8-15-11-6-4-3-5-10(11)12/h3-6,9H,7-8,13H2,1-2H3. The molecule has 0 aliphatic carbocycles. The van der Waals surface area contributed by atoms with Crippen LogP contribution < -0.4 is 5.73 Å². The van der Waals surface area contributed by atoms with Gasteiger partial charge in [0.25, 0.3) is 0 Å². The molecule has 2 rings (SSSR count). The molecular weight excluding hydrogens is 206 g/mol. The van der Waals surface area contributed by atoms with Crippen molar-refractivity contribution in [2.75, 3.05) is 12.3 Å². The highest BCUT2D eigenvalue weighted by molar-refractivity contribution is 7.99. The van der Waals surface area contributed by atoms with Crippen LogP contribution in [-0.4, -0.2) is 18.4 Å². The number of rotatable bonds is 3. The van der Waals surface area contributed by atoms with Gasteiger partial charge in [0, 0.05) is 17.2 Å². The maximum atomic E-state index is 6.03. The largest absolute Gasteiger partial charge is 0.365 e. The maximum Gasteiger partial charge on any atom is 0.116 e. The van der Waals surface area contributed by atoms with Crippen LogP contribution in [0.1, 0.15) is 19.4 Å². The maximum absolute atomic E-state index is 6.03. The highest BCUT2D eigenvalue weighted by atomic mass is 32.2. The molecule has 0 bridgehead atoms. The van der Waals surface area contributed by atoms with Crippen molar-refractivity contribution < 1.29 is 4.74 Å². The highest BCUT2D eigenvalue weighted by Gasteiger charge is 2.39. The van der Waals surface area contributed by atoms with Gasteiger partial charge in [-0.2, -0.15) is 0 Å². The zero-order valence-corrected chi connectivity index (χ0v) is 10.0. The number of thioether (sulfide) groups is 1. The van der Waals surface area contributed by atoms with Crippen LogP contribution in [0.25, 0.3) is 0 Å². The van der Waals surface area contributed by atoms with Crippen molar-refractivity contribution >= 4 is 11.8 Å². The number of benzene rings is 1. The Morgan fingerprint density at radius 2 is 2.20 bits per heavy atom. The quantitative estimate of drug-likeness (QED) is 0.854. The third-order valence-electron chi connectivity index (χ3n) is 2.63. The molecule has 0 saturated heterocycles. The van der Waals surface area contributed by atoms with E-state index in [1.807, 2.05) is 11.8 Å². The molecule has 0 fully saturated rings. The molecular formula is C12H17NOS. The van der Waals surface area contributed by atoms with E-state index < -0.39 is 0 Å². The van der Waals surface area contributed by atoms with E-state index in [0.717, 1.165) is 5.75 Å². The number of fused-ring (bicyclic) bond motifs is 1.